The van der Waals surface area contributed by atoms with E-state index in [2.05, 4.69) is 34.7 Å². The molecule has 1 aromatic rings. The van der Waals surface area contributed by atoms with Gasteiger partial charge in [-0.15, -0.1) is 0 Å². The Morgan fingerprint density at radius 2 is 1.14 bits per heavy atom. The maximum absolute atomic E-state index is 9.00. The molecule has 0 bridgehead atoms. The van der Waals surface area contributed by atoms with E-state index >= 15 is 0 Å². The Morgan fingerprint density at radius 3 is 1.24 bits per heavy atom. The van der Waals surface area contributed by atoms with Crippen LogP contribution in [0.4, 0.5) is 0 Å². The Morgan fingerprint density at radius 1 is 0.952 bits per heavy atom. The van der Waals surface area contributed by atoms with Gasteiger partial charge in [0.05, 0.1) is 0 Å². The smallest absolute Gasteiger partial charge is 0.550 e. The first-order valence-corrected chi connectivity index (χ1v) is 5.94. The molecule has 0 aliphatic carbocycles. The summed E-state index contributed by atoms with van der Waals surface area (Å²) in [5, 5.41) is 23.7. The monoisotopic (exact) mass is 424 g/mol. The van der Waals surface area contributed by atoms with E-state index < -0.39 is 17.9 Å². The molecule has 0 amide bonds. The number of carboxylic acids is 3. The SMILES string of the molecule is CC(=O)O.CC(=O)O.CC(=O)[O-].Ic1ccccc1.O.[Na+]. The van der Waals surface area contributed by atoms with Crippen molar-refractivity contribution < 1.29 is 64.7 Å². The third kappa shape index (κ3) is 108. The van der Waals surface area contributed by atoms with Crippen LogP contribution in [0.2, 0.25) is 0 Å². The average Bonchev–Trinajstić information content (AvgIpc) is 2.15. The van der Waals surface area contributed by atoms with Gasteiger partial charge < -0.3 is 25.6 Å². The van der Waals surface area contributed by atoms with Crippen molar-refractivity contribution in [3.63, 3.8) is 0 Å². The molecule has 0 radical (unpaired) electrons. The number of carboxylic acid groups (broad SMARTS) is 3. The van der Waals surface area contributed by atoms with Crippen molar-refractivity contribution in [3.05, 3.63) is 33.9 Å². The molecule has 0 unspecified atom stereocenters. The summed E-state index contributed by atoms with van der Waals surface area (Å²) in [5.74, 6) is -2.75. The van der Waals surface area contributed by atoms with E-state index in [9.17, 15) is 0 Å². The molecule has 0 spiro atoms. The summed E-state index contributed by atoms with van der Waals surface area (Å²) in [6.07, 6.45) is 0. The van der Waals surface area contributed by atoms with E-state index in [0.717, 1.165) is 20.8 Å². The summed E-state index contributed by atoms with van der Waals surface area (Å²) in [6.45, 7) is 3.14. The number of hydrogen-bond donors (Lipinski definition) is 2. The Labute approximate surface area is 159 Å². The van der Waals surface area contributed by atoms with Crippen LogP contribution in [0.3, 0.4) is 0 Å². The normalized spacial score (nSPS) is 6.48. The predicted octanol–water partition coefficient (Wildman–Crippen LogP) is -2.59. The van der Waals surface area contributed by atoms with Gasteiger partial charge in [-0.3, -0.25) is 9.59 Å². The second-order valence-electron chi connectivity index (χ2n) is 2.83. The quantitative estimate of drug-likeness (QED) is 0.345. The number of carbonyl (C=O) groups is 3. The van der Waals surface area contributed by atoms with Gasteiger partial charge in [-0.2, -0.15) is 0 Å². The molecule has 9 heteroatoms. The van der Waals surface area contributed by atoms with Crippen molar-refractivity contribution in [1.82, 2.24) is 0 Å². The van der Waals surface area contributed by atoms with Crippen molar-refractivity contribution in [2.45, 2.75) is 20.8 Å². The van der Waals surface area contributed by atoms with Gasteiger partial charge >= 0.3 is 29.6 Å². The minimum absolute atomic E-state index is 0. The summed E-state index contributed by atoms with van der Waals surface area (Å²) in [5.41, 5.74) is 0. The first-order chi connectivity index (χ1) is 8.59. The molecule has 4 N–H and O–H groups in total. The number of hydrogen-bond acceptors (Lipinski definition) is 4. The molecular weight excluding hydrogens is 406 g/mol. The maximum atomic E-state index is 9.00. The number of rotatable bonds is 0. The average molecular weight is 424 g/mol. The zero-order valence-electron chi connectivity index (χ0n) is 12.3. The number of benzene rings is 1. The molecule has 0 saturated heterocycles. The minimum Gasteiger partial charge on any atom is -0.550 e. The van der Waals surface area contributed by atoms with Gasteiger partial charge in [0.1, 0.15) is 0 Å². The second kappa shape index (κ2) is 24.3. The first kappa shape index (κ1) is 32.3. The van der Waals surface area contributed by atoms with Crippen molar-refractivity contribution >= 4 is 40.5 Å². The van der Waals surface area contributed by atoms with Crippen molar-refractivity contribution in [3.8, 4) is 0 Å². The molecular formula is C12H18INaO7. The summed E-state index contributed by atoms with van der Waals surface area (Å²) in [4.78, 5) is 26.9. The number of aliphatic carboxylic acids is 3. The largest absolute Gasteiger partial charge is 1.00 e. The van der Waals surface area contributed by atoms with E-state index in [1.54, 1.807) is 0 Å². The molecule has 0 fully saturated rings. The third-order valence-electron chi connectivity index (χ3n) is 0.733. The van der Waals surface area contributed by atoms with Crippen LogP contribution in [0.5, 0.6) is 0 Å². The molecule has 21 heavy (non-hydrogen) atoms. The molecule has 1 aromatic carbocycles. The van der Waals surface area contributed by atoms with Crippen LogP contribution in [-0.2, 0) is 14.4 Å². The summed E-state index contributed by atoms with van der Waals surface area (Å²) >= 11 is 2.28. The van der Waals surface area contributed by atoms with Crippen LogP contribution in [0, 0.1) is 3.57 Å². The van der Waals surface area contributed by atoms with Crippen LogP contribution in [-0.4, -0.2) is 33.6 Å². The van der Waals surface area contributed by atoms with Crippen LogP contribution in [0.25, 0.3) is 0 Å². The van der Waals surface area contributed by atoms with E-state index in [0.29, 0.717) is 0 Å². The second-order valence-corrected chi connectivity index (χ2v) is 4.07. The maximum Gasteiger partial charge on any atom is 1.00 e. The zero-order chi connectivity index (χ0) is 15.8. The van der Waals surface area contributed by atoms with E-state index in [4.69, 9.17) is 29.7 Å². The standard InChI is InChI=1S/C6H5I.3C2H4O2.Na.H2O/c7-6-4-2-1-3-5-6;3*1-2(3)4;;/h1-5H;3*1H3,(H,3,4);;1H2/q;;;;+1;/p-1. The van der Waals surface area contributed by atoms with E-state index in [1.165, 1.54) is 3.57 Å². The van der Waals surface area contributed by atoms with Gasteiger partial charge in [-0.1, -0.05) is 18.2 Å². The van der Waals surface area contributed by atoms with Crippen molar-refractivity contribution in [2.75, 3.05) is 0 Å². The van der Waals surface area contributed by atoms with Crippen LogP contribution >= 0.6 is 22.6 Å². The number of halogens is 1. The fourth-order valence-corrected chi connectivity index (χ4v) is 0.830. The molecule has 0 aliphatic rings. The molecule has 0 aliphatic heterocycles. The Balaban J connectivity index is -0.0000000549. The minimum atomic E-state index is -1.08. The zero-order valence-corrected chi connectivity index (χ0v) is 16.4. The molecule has 7 nitrogen and oxygen atoms in total. The summed E-state index contributed by atoms with van der Waals surface area (Å²) in [6, 6.07) is 10.2. The fraction of sp³-hybridized carbons (Fsp3) is 0.250. The van der Waals surface area contributed by atoms with Crippen molar-refractivity contribution in [1.29, 1.82) is 0 Å². The predicted molar refractivity (Wildman–Crippen MR) is 80.1 cm³/mol. The van der Waals surface area contributed by atoms with Gasteiger partial charge in [0.25, 0.3) is 11.9 Å². The Hall–Kier alpha value is -0.680. The van der Waals surface area contributed by atoms with E-state index in [-0.39, 0.29) is 35.0 Å². The van der Waals surface area contributed by atoms with Crippen LogP contribution < -0.4 is 34.7 Å². The van der Waals surface area contributed by atoms with Gasteiger partial charge in [0.2, 0.25) is 0 Å². The Kier molecular flexibility index (Phi) is 37.5. The van der Waals surface area contributed by atoms with Crippen LogP contribution in [0.1, 0.15) is 20.8 Å². The molecule has 0 aromatic heterocycles. The molecule has 0 saturated carbocycles. The third-order valence-corrected chi connectivity index (χ3v) is 1.45. The Bertz CT molecular complexity index is 331. The van der Waals surface area contributed by atoms with Gasteiger partial charge in [-0.25, -0.2) is 0 Å². The number of carbonyl (C=O) groups excluding carboxylic acids is 1. The summed E-state index contributed by atoms with van der Waals surface area (Å²) < 4.78 is 1.29. The molecule has 1 rings (SSSR count). The van der Waals surface area contributed by atoms with Gasteiger partial charge in [0, 0.05) is 23.4 Å². The topological polar surface area (TPSA) is 146 Å². The molecule has 0 atom stereocenters. The van der Waals surface area contributed by atoms with Crippen LogP contribution in [0.15, 0.2) is 30.3 Å². The first-order valence-electron chi connectivity index (χ1n) is 4.86. The summed E-state index contributed by atoms with van der Waals surface area (Å²) in [7, 11) is 0. The fourth-order valence-electron chi connectivity index (χ4n) is 0.415. The molecule has 116 valence electrons. The van der Waals surface area contributed by atoms with E-state index in [1.807, 2.05) is 18.2 Å². The van der Waals surface area contributed by atoms with Crippen molar-refractivity contribution in [2.24, 2.45) is 0 Å². The van der Waals surface area contributed by atoms with Gasteiger partial charge in [-0.05, 0) is 41.6 Å². The molecule has 0 heterocycles. The van der Waals surface area contributed by atoms with Gasteiger partial charge in [0.15, 0.2) is 0 Å².